The van der Waals surface area contributed by atoms with Crippen molar-refractivity contribution in [3.8, 4) is 0 Å². The first kappa shape index (κ1) is 13.3. The minimum absolute atomic E-state index is 0.0272. The maximum Gasteiger partial charge on any atom is 0.323 e. The standard InChI is InChI=1S/C12H16N4O3/c1-3-7-15(8-4-2)10-6-5-9-11(14-19-13-9)12(10)16(17)18/h5-6H,3-4,7-8H2,1-2H3. The van der Waals surface area contributed by atoms with Crippen molar-refractivity contribution in [3.63, 3.8) is 0 Å². The van der Waals surface area contributed by atoms with Crippen molar-refractivity contribution in [2.45, 2.75) is 26.7 Å². The Morgan fingerprint density at radius 1 is 1.26 bits per heavy atom. The predicted molar refractivity (Wildman–Crippen MR) is 71.3 cm³/mol. The molecule has 0 aliphatic carbocycles. The van der Waals surface area contributed by atoms with Crippen LogP contribution in [-0.4, -0.2) is 28.3 Å². The summed E-state index contributed by atoms with van der Waals surface area (Å²) >= 11 is 0. The number of nitro groups is 1. The van der Waals surface area contributed by atoms with Crippen LogP contribution in [0.25, 0.3) is 11.0 Å². The van der Waals surface area contributed by atoms with E-state index in [-0.39, 0.29) is 11.2 Å². The normalized spacial score (nSPS) is 10.8. The highest BCUT2D eigenvalue weighted by atomic mass is 16.6. The number of rotatable bonds is 6. The van der Waals surface area contributed by atoms with Gasteiger partial charge in [-0.2, -0.15) is 0 Å². The number of benzene rings is 1. The fourth-order valence-electron chi connectivity index (χ4n) is 2.15. The molecular weight excluding hydrogens is 248 g/mol. The van der Waals surface area contributed by atoms with E-state index in [0.717, 1.165) is 25.9 Å². The molecule has 0 saturated heterocycles. The predicted octanol–water partition coefficient (Wildman–Crippen LogP) is 2.76. The summed E-state index contributed by atoms with van der Waals surface area (Å²) in [6.07, 6.45) is 1.85. The van der Waals surface area contributed by atoms with Gasteiger partial charge in [-0.25, -0.2) is 4.63 Å². The molecule has 7 heteroatoms. The molecule has 0 aliphatic rings. The van der Waals surface area contributed by atoms with Gasteiger partial charge in [-0.15, -0.1) is 0 Å². The Kier molecular flexibility index (Phi) is 3.94. The van der Waals surface area contributed by atoms with Gasteiger partial charge in [-0.3, -0.25) is 10.1 Å². The van der Waals surface area contributed by atoms with Crippen molar-refractivity contribution < 1.29 is 9.55 Å². The topological polar surface area (TPSA) is 85.3 Å². The van der Waals surface area contributed by atoms with Crippen LogP contribution in [0.2, 0.25) is 0 Å². The second-order valence-electron chi connectivity index (χ2n) is 4.31. The van der Waals surface area contributed by atoms with Crippen molar-refractivity contribution in [1.82, 2.24) is 10.3 Å². The molecule has 7 nitrogen and oxygen atoms in total. The quantitative estimate of drug-likeness (QED) is 0.589. The first-order valence-corrected chi connectivity index (χ1v) is 6.33. The summed E-state index contributed by atoms with van der Waals surface area (Å²) in [4.78, 5) is 12.9. The van der Waals surface area contributed by atoms with E-state index in [1.807, 2.05) is 18.7 Å². The molecule has 2 rings (SSSR count). The number of nitro benzene ring substituents is 1. The molecule has 0 aliphatic heterocycles. The van der Waals surface area contributed by atoms with Crippen LogP contribution in [0.5, 0.6) is 0 Å². The third-order valence-corrected chi connectivity index (χ3v) is 2.89. The lowest BCUT2D eigenvalue weighted by Crippen LogP contribution is -2.25. The molecular formula is C12H16N4O3. The maximum atomic E-state index is 11.3. The van der Waals surface area contributed by atoms with Gasteiger partial charge in [-0.05, 0) is 35.3 Å². The molecule has 1 aromatic carbocycles. The average molecular weight is 264 g/mol. The second-order valence-corrected chi connectivity index (χ2v) is 4.31. The Bertz CT molecular complexity index is 575. The lowest BCUT2D eigenvalue weighted by atomic mass is 10.2. The van der Waals surface area contributed by atoms with Crippen LogP contribution in [-0.2, 0) is 0 Å². The van der Waals surface area contributed by atoms with E-state index in [9.17, 15) is 10.1 Å². The highest BCUT2D eigenvalue weighted by molar-refractivity contribution is 5.91. The van der Waals surface area contributed by atoms with Crippen molar-refractivity contribution in [2.24, 2.45) is 0 Å². The molecule has 0 fully saturated rings. The molecule has 19 heavy (non-hydrogen) atoms. The summed E-state index contributed by atoms with van der Waals surface area (Å²) in [6.45, 7) is 5.63. The third kappa shape index (κ3) is 2.49. The van der Waals surface area contributed by atoms with E-state index in [2.05, 4.69) is 14.9 Å². The highest BCUT2D eigenvalue weighted by Crippen LogP contribution is 2.34. The lowest BCUT2D eigenvalue weighted by Gasteiger charge is -2.23. The summed E-state index contributed by atoms with van der Waals surface area (Å²) in [5, 5.41) is 18.6. The van der Waals surface area contributed by atoms with Crippen LogP contribution in [0.1, 0.15) is 26.7 Å². The van der Waals surface area contributed by atoms with Crippen LogP contribution >= 0.6 is 0 Å². The zero-order valence-corrected chi connectivity index (χ0v) is 11.0. The minimum atomic E-state index is -0.416. The van der Waals surface area contributed by atoms with Crippen LogP contribution < -0.4 is 4.90 Å². The number of fused-ring (bicyclic) bond motifs is 1. The Hall–Kier alpha value is -2.18. The maximum absolute atomic E-state index is 11.3. The van der Waals surface area contributed by atoms with Gasteiger partial charge in [0.1, 0.15) is 11.2 Å². The zero-order valence-electron chi connectivity index (χ0n) is 11.0. The number of hydrogen-bond donors (Lipinski definition) is 0. The van der Waals surface area contributed by atoms with Gasteiger partial charge < -0.3 is 4.90 Å². The summed E-state index contributed by atoms with van der Waals surface area (Å²) in [5.41, 5.74) is 1.17. The zero-order chi connectivity index (χ0) is 13.8. The molecule has 0 atom stereocenters. The van der Waals surface area contributed by atoms with Crippen LogP contribution in [0.15, 0.2) is 16.8 Å². The van der Waals surface area contributed by atoms with Gasteiger partial charge >= 0.3 is 5.69 Å². The van der Waals surface area contributed by atoms with E-state index in [4.69, 9.17) is 0 Å². The van der Waals surface area contributed by atoms with Gasteiger partial charge in [0, 0.05) is 13.1 Å². The Morgan fingerprint density at radius 2 is 1.95 bits per heavy atom. The average Bonchev–Trinajstić information content (AvgIpc) is 2.85. The molecule has 0 amide bonds. The fourth-order valence-corrected chi connectivity index (χ4v) is 2.15. The highest BCUT2D eigenvalue weighted by Gasteiger charge is 2.25. The molecule has 0 N–H and O–H groups in total. The van der Waals surface area contributed by atoms with Gasteiger partial charge in [0.15, 0.2) is 0 Å². The van der Waals surface area contributed by atoms with Crippen molar-refractivity contribution in [3.05, 3.63) is 22.2 Å². The van der Waals surface area contributed by atoms with Crippen molar-refractivity contribution in [2.75, 3.05) is 18.0 Å². The van der Waals surface area contributed by atoms with Gasteiger partial charge in [0.25, 0.3) is 0 Å². The SMILES string of the molecule is CCCN(CCC)c1ccc2nonc2c1[N+](=O)[O-]. The molecule has 2 aromatic rings. The largest absolute Gasteiger partial charge is 0.366 e. The van der Waals surface area contributed by atoms with Gasteiger partial charge in [0.05, 0.1) is 4.92 Å². The second kappa shape index (κ2) is 5.64. The molecule has 0 radical (unpaired) electrons. The summed E-state index contributed by atoms with van der Waals surface area (Å²) in [6, 6.07) is 3.42. The Morgan fingerprint density at radius 3 is 2.53 bits per heavy atom. The molecule has 1 aromatic heterocycles. The number of hydrogen-bond acceptors (Lipinski definition) is 6. The van der Waals surface area contributed by atoms with E-state index in [1.165, 1.54) is 0 Å². The molecule has 1 heterocycles. The minimum Gasteiger partial charge on any atom is -0.366 e. The lowest BCUT2D eigenvalue weighted by molar-refractivity contribution is -0.382. The first-order chi connectivity index (χ1) is 9.19. The van der Waals surface area contributed by atoms with Crippen molar-refractivity contribution in [1.29, 1.82) is 0 Å². The van der Waals surface area contributed by atoms with Crippen LogP contribution in [0, 0.1) is 10.1 Å². The smallest absolute Gasteiger partial charge is 0.323 e. The molecule has 102 valence electrons. The first-order valence-electron chi connectivity index (χ1n) is 6.33. The van der Waals surface area contributed by atoms with E-state index in [1.54, 1.807) is 12.1 Å². The van der Waals surface area contributed by atoms with Gasteiger partial charge in [-0.1, -0.05) is 13.8 Å². The summed E-state index contributed by atoms with van der Waals surface area (Å²) in [5.74, 6) is 0. The number of nitrogens with zero attached hydrogens (tertiary/aromatic N) is 4. The van der Waals surface area contributed by atoms with Crippen molar-refractivity contribution >= 4 is 22.4 Å². The van der Waals surface area contributed by atoms with Gasteiger partial charge in [0.2, 0.25) is 5.52 Å². The van der Waals surface area contributed by atoms with E-state index < -0.39 is 4.92 Å². The molecule has 0 saturated carbocycles. The monoisotopic (exact) mass is 264 g/mol. The molecule has 0 bridgehead atoms. The number of aromatic nitrogens is 2. The third-order valence-electron chi connectivity index (χ3n) is 2.89. The van der Waals surface area contributed by atoms with E-state index >= 15 is 0 Å². The summed E-state index contributed by atoms with van der Waals surface area (Å²) in [7, 11) is 0. The van der Waals surface area contributed by atoms with E-state index in [0.29, 0.717) is 11.2 Å². The Labute approximate surface area is 110 Å². The van der Waals surface area contributed by atoms with Crippen LogP contribution in [0.3, 0.4) is 0 Å². The van der Waals surface area contributed by atoms with Crippen LogP contribution in [0.4, 0.5) is 11.4 Å². The summed E-state index contributed by atoms with van der Waals surface area (Å²) < 4.78 is 4.59. The number of anilines is 1. The molecule has 0 spiro atoms. The molecule has 0 unspecified atom stereocenters. The fraction of sp³-hybridized carbons (Fsp3) is 0.500. The Balaban J connectivity index is 2.56.